The van der Waals surface area contributed by atoms with Crippen molar-refractivity contribution >= 4 is 12.4 Å². The maximum absolute atomic E-state index is 8.91. The molecule has 0 spiro atoms. The molecule has 3 heteroatoms. The van der Waals surface area contributed by atoms with Crippen LogP contribution in [0.25, 0.3) is 0 Å². The lowest BCUT2D eigenvalue weighted by molar-refractivity contribution is 0.265. The van der Waals surface area contributed by atoms with E-state index in [1.54, 1.807) is 0 Å². The average Bonchev–Trinajstić information content (AvgIpc) is 2.40. The summed E-state index contributed by atoms with van der Waals surface area (Å²) in [6.07, 6.45) is 8.58. The first kappa shape index (κ1) is 18.4. The lowest BCUT2D eigenvalue weighted by atomic mass is 10.0. The third-order valence-corrected chi connectivity index (χ3v) is 3.32. The topological polar surface area (TPSA) is 46.2 Å². The fourth-order valence-corrected chi connectivity index (χ4v) is 2.14. The zero-order chi connectivity index (χ0) is 13.2. The molecule has 0 aliphatic heterocycles. The summed E-state index contributed by atoms with van der Waals surface area (Å²) in [5.41, 5.74) is 8.34. The van der Waals surface area contributed by atoms with Gasteiger partial charge in [-0.05, 0) is 30.4 Å². The Morgan fingerprint density at radius 1 is 1.00 bits per heavy atom. The van der Waals surface area contributed by atoms with Gasteiger partial charge in [-0.25, -0.2) is 0 Å². The first-order valence-electron chi connectivity index (χ1n) is 7.20. The molecule has 2 nitrogen and oxygen atoms in total. The van der Waals surface area contributed by atoms with E-state index in [1.807, 2.05) is 0 Å². The number of nitrogens with two attached hydrogens (primary N) is 1. The Kier molecular flexibility index (Phi) is 10.9. The van der Waals surface area contributed by atoms with Gasteiger partial charge in [-0.1, -0.05) is 56.9 Å². The van der Waals surface area contributed by atoms with E-state index in [0.29, 0.717) is 0 Å². The minimum atomic E-state index is -0.134. The molecular formula is C16H28ClNO. The number of aliphatic hydroxyl groups excluding tert-OH is 1. The summed E-state index contributed by atoms with van der Waals surface area (Å²) in [5, 5.41) is 8.91. The second-order valence-corrected chi connectivity index (χ2v) is 5.13. The SMILES string of the molecule is CCCCCCCc1ccc(C[C@H](N)CO)cc1.Cl. The molecule has 0 saturated carbocycles. The van der Waals surface area contributed by atoms with E-state index in [2.05, 4.69) is 31.2 Å². The molecular weight excluding hydrogens is 258 g/mol. The maximum atomic E-state index is 8.91. The molecule has 0 aromatic heterocycles. The average molecular weight is 286 g/mol. The van der Waals surface area contributed by atoms with E-state index in [0.717, 1.165) is 6.42 Å². The number of hydrogen-bond donors (Lipinski definition) is 2. The highest BCUT2D eigenvalue weighted by Gasteiger charge is 2.02. The number of benzene rings is 1. The largest absolute Gasteiger partial charge is 0.395 e. The summed E-state index contributed by atoms with van der Waals surface area (Å²) in [4.78, 5) is 0. The number of rotatable bonds is 9. The summed E-state index contributed by atoms with van der Waals surface area (Å²) in [6, 6.07) is 8.52. The first-order chi connectivity index (χ1) is 8.76. The number of halogens is 1. The molecule has 19 heavy (non-hydrogen) atoms. The van der Waals surface area contributed by atoms with Gasteiger partial charge in [-0.2, -0.15) is 0 Å². The molecule has 0 radical (unpaired) electrons. The zero-order valence-corrected chi connectivity index (χ0v) is 12.8. The van der Waals surface area contributed by atoms with Gasteiger partial charge in [0.25, 0.3) is 0 Å². The van der Waals surface area contributed by atoms with Crippen LogP contribution in [0.1, 0.15) is 50.2 Å². The highest BCUT2D eigenvalue weighted by Crippen LogP contribution is 2.11. The van der Waals surface area contributed by atoms with Gasteiger partial charge in [0.15, 0.2) is 0 Å². The summed E-state index contributed by atoms with van der Waals surface area (Å²) >= 11 is 0. The van der Waals surface area contributed by atoms with Gasteiger partial charge in [-0.3, -0.25) is 0 Å². The van der Waals surface area contributed by atoms with Crippen LogP contribution in [0.4, 0.5) is 0 Å². The lowest BCUT2D eigenvalue weighted by Crippen LogP contribution is -2.26. The summed E-state index contributed by atoms with van der Waals surface area (Å²) in [7, 11) is 0. The summed E-state index contributed by atoms with van der Waals surface area (Å²) in [6.45, 7) is 2.30. The molecule has 0 heterocycles. The maximum Gasteiger partial charge on any atom is 0.0585 e. The second kappa shape index (κ2) is 11.3. The Balaban J connectivity index is 0.00000324. The molecule has 0 aliphatic carbocycles. The third kappa shape index (κ3) is 8.25. The van der Waals surface area contributed by atoms with Gasteiger partial charge in [0, 0.05) is 6.04 Å². The van der Waals surface area contributed by atoms with E-state index < -0.39 is 0 Å². The van der Waals surface area contributed by atoms with Crippen LogP contribution in [0, 0.1) is 0 Å². The molecule has 1 aromatic rings. The molecule has 0 unspecified atom stereocenters. The Morgan fingerprint density at radius 3 is 2.16 bits per heavy atom. The van der Waals surface area contributed by atoms with E-state index in [-0.39, 0.29) is 25.1 Å². The van der Waals surface area contributed by atoms with E-state index >= 15 is 0 Å². The van der Waals surface area contributed by atoms with Crippen molar-refractivity contribution in [1.29, 1.82) is 0 Å². The van der Waals surface area contributed by atoms with Crippen molar-refractivity contribution in [3.8, 4) is 0 Å². The van der Waals surface area contributed by atoms with Crippen molar-refractivity contribution in [3.05, 3.63) is 35.4 Å². The van der Waals surface area contributed by atoms with Crippen LogP contribution in [0.3, 0.4) is 0 Å². The van der Waals surface area contributed by atoms with Crippen LogP contribution in [-0.4, -0.2) is 17.8 Å². The van der Waals surface area contributed by atoms with E-state index in [4.69, 9.17) is 10.8 Å². The lowest BCUT2D eigenvalue weighted by Gasteiger charge is -2.08. The predicted molar refractivity (Wildman–Crippen MR) is 84.9 cm³/mol. The minimum absolute atomic E-state index is 0. The standard InChI is InChI=1S/C16H27NO.ClH/c1-2-3-4-5-6-7-14-8-10-15(11-9-14)12-16(17)13-18;/h8-11,16,18H,2-7,12-13,17H2,1H3;1H/t16-;/m0./s1. The van der Waals surface area contributed by atoms with E-state index in [9.17, 15) is 0 Å². The zero-order valence-electron chi connectivity index (χ0n) is 12.0. The Labute approximate surface area is 123 Å². The van der Waals surface area contributed by atoms with Crippen LogP contribution in [0.15, 0.2) is 24.3 Å². The Morgan fingerprint density at radius 2 is 1.58 bits per heavy atom. The molecule has 0 bridgehead atoms. The summed E-state index contributed by atoms with van der Waals surface area (Å²) in [5.74, 6) is 0. The molecule has 3 N–H and O–H groups in total. The third-order valence-electron chi connectivity index (χ3n) is 3.32. The smallest absolute Gasteiger partial charge is 0.0585 e. The van der Waals surface area contributed by atoms with E-state index in [1.165, 1.54) is 49.7 Å². The fourth-order valence-electron chi connectivity index (χ4n) is 2.14. The van der Waals surface area contributed by atoms with Crippen molar-refractivity contribution in [1.82, 2.24) is 0 Å². The molecule has 110 valence electrons. The van der Waals surface area contributed by atoms with Crippen LogP contribution in [-0.2, 0) is 12.8 Å². The van der Waals surface area contributed by atoms with Crippen molar-refractivity contribution in [3.63, 3.8) is 0 Å². The molecule has 0 saturated heterocycles. The van der Waals surface area contributed by atoms with Gasteiger partial charge < -0.3 is 10.8 Å². The van der Waals surface area contributed by atoms with Gasteiger partial charge >= 0.3 is 0 Å². The Hall–Kier alpha value is -0.570. The van der Waals surface area contributed by atoms with Gasteiger partial charge in [0.2, 0.25) is 0 Å². The highest BCUT2D eigenvalue weighted by atomic mass is 35.5. The number of aryl methyl sites for hydroxylation is 1. The molecule has 0 amide bonds. The predicted octanol–water partition coefficient (Wildman–Crippen LogP) is 3.48. The number of unbranched alkanes of at least 4 members (excludes halogenated alkanes) is 4. The quantitative estimate of drug-likeness (QED) is 0.682. The van der Waals surface area contributed by atoms with Crippen molar-refractivity contribution in [2.24, 2.45) is 5.73 Å². The molecule has 0 aliphatic rings. The molecule has 1 atom stereocenters. The molecule has 0 fully saturated rings. The van der Waals surface area contributed by atoms with Crippen LogP contribution < -0.4 is 5.73 Å². The highest BCUT2D eigenvalue weighted by molar-refractivity contribution is 5.85. The molecule has 1 aromatic carbocycles. The summed E-state index contributed by atoms with van der Waals surface area (Å²) < 4.78 is 0. The van der Waals surface area contributed by atoms with Crippen LogP contribution in [0.5, 0.6) is 0 Å². The number of aliphatic hydroxyl groups is 1. The second-order valence-electron chi connectivity index (χ2n) is 5.13. The normalized spacial score (nSPS) is 11.9. The molecule has 1 rings (SSSR count). The van der Waals surface area contributed by atoms with Gasteiger partial charge in [0.05, 0.1) is 6.61 Å². The van der Waals surface area contributed by atoms with Crippen LogP contribution in [0.2, 0.25) is 0 Å². The van der Waals surface area contributed by atoms with Crippen molar-refractivity contribution in [2.45, 2.75) is 57.9 Å². The first-order valence-corrected chi connectivity index (χ1v) is 7.20. The van der Waals surface area contributed by atoms with Crippen molar-refractivity contribution in [2.75, 3.05) is 6.61 Å². The minimum Gasteiger partial charge on any atom is -0.395 e. The van der Waals surface area contributed by atoms with Crippen LogP contribution >= 0.6 is 12.4 Å². The van der Waals surface area contributed by atoms with Crippen molar-refractivity contribution < 1.29 is 5.11 Å². The monoisotopic (exact) mass is 285 g/mol. The Bertz CT molecular complexity index is 313. The fraction of sp³-hybridized carbons (Fsp3) is 0.625. The van der Waals surface area contributed by atoms with Gasteiger partial charge in [0.1, 0.15) is 0 Å². The van der Waals surface area contributed by atoms with Gasteiger partial charge in [-0.15, -0.1) is 12.4 Å². The number of hydrogen-bond acceptors (Lipinski definition) is 2.